The highest BCUT2D eigenvalue weighted by molar-refractivity contribution is 5.90. The molecule has 4 heteroatoms. The fourth-order valence-electron chi connectivity index (χ4n) is 1.54. The van der Waals surface area contributed by atoms with Gasteiger partial charge in [-0.3, -0.25) is 4.79 Å². The van der Waals surface area contributed by atoms with Crippen LogP contribution in [0.15, 0.2) is 36.7 Å². The highest BCUT2D eigenvalue weighted by Crippen LogP contribution is 2.07. The second-order valence-electron chi connectivity index (χ2n) is 3.56. The summed E-state index contributed by atoms with van der Waals surface area (Å²) in [6, 6.07) is 6.19. The molecule has 0 aliphatic carbocycles. The van der Waals surface area contributed by atoms with Crippen molar-refractivity contribution in [3.8, 4) is 0 Å². The standard InChI is InChI=1S/C12H11FN2O/c1-9(16)12-14-6-7-15(12)8-10-2-4-11(13)5-3-10/h2-7H,8H2,1H3. The van der Waals surface area contributed by atoms with Gasteiger partial charge in [0.25, 0.3) is 0 Å². The predicted octanol–water partition coefficient (Wildman–Crippen LogP) is 2.27. The predicted molar refractivity (Wildman–Crippen MR) is 57.7 cm³/mol. The van der Waals surface area contributed by atoms with Crippen molar-refractivity contribution in [1.29, 1.82) is 0 Å². The molecule has 0 radical (unpaired) electrons. The quantitative estimate of drug-likeness (QED) is 0.741. The topological polar surface area (TPSA) is 34.9 Å². The number of carbonyl (C=O) groups is 1. The van der Waals surface area contributed by atoms with Crippen LogP contribution >= 0.6 is 0 Å². The number of halogens is 1. The summed E-state index contributed by atoms with van der Waals surface area (Å²) < 4.78 is 14.4. The van der Waals surface area contributed by atoms with E-state index in [1.165, 1.54) is 19.1 Å². The SMILES string of the molecule is CC(=O)c1nccn1Cc1ccc(F)cc1. The maximum Gasteiger partial charge on any atom is 0.195 e. The van der Waals surface area contributed by atoms with Crippen molar-refractivity contribution >= 4 is 5.78 Å². The zero-order valence-electron chi connectivity index (χ0n) is 8.85. The zero-order chi connectivity index (χ0) is 11.5. The number of ketones is 1. The van der Waals surface area contributed by atoms with Gasteiger partial charge < -0.3 is 4.57 Å². The molecule has 0 fully saturated rings. The minimum Gasteiger partial charge on any atom is -0.324 e. The molecular weight excluding hydrogens is 207 g/mol. The van der Waals surface area contributed by atoms with Crippen LogP contribution in [0, 0.1) is 5.82 Å². The van der Waals surface area contributed by atoms with Crippen molar-refractivity contribution in [1.82, 2.24) is 9.55 Å². The molecule has 2 rings (SSSR count). The van der Waals surface area contributed by atoms with Crippen molar-refractivity contribution in [2.24, 2.45) is 0 Å². The third kappa shape index (κ3) is 2.16. The van der Waals surface area contributed by atoms with E-state index in [0.717, 1.165) is 5.56 Å². The summed E-state index contributed by atoms with van der Waals surface area (Å²) >= 11 is 0. The van der Waals surface area contributed by atoms with Crippen LogP contribution in [0.3, 0.4) is 0 Å². The van der Waals surface area contributed by atoms with E-state index in [9.17, 15) is 9.18 Å². The zero-order valence-corrected chi connectivity index (χ0v) is 8.85. The van der Waals surface area contributed by atoms with Crippen LogP contribution in [-0.2, 0) is 6.54 Å². The van der Waals surface area contributed by atoms with Gasteiger partial charge in [-0.2, -0.15) is 0 Å². The molecule has 3 nitrogen and oxygen atoms in total. The first-order valence-corrected chi connectivity index (χ1v) is 4.93. The summed E-state index contributed by atoms with van der Waals surface area (Å²) in [6.07, 6.45) is 3.32. The molecular formula is C12H11FN2O. The van der Waals surface area contributed by atoms with E-state index < -0.39 is 0 Å². The summed E-state index contributed by atoms with van der Waals surface area (Å²) in [5, 5.41) is 0. The van der Waals surface area contributed by atoms with Gasteiger partial charge in [-0.25, -0.2) is 9.37 Å². The number of Topliss-reactive ketones (excluding diaryl/α,β-unsaturated/α-hetero) is 1. The van der Waals surface area contributed by atoms with E-state index in [-0.39, 0.29) is 11.6 Å². The molecule has 0 unspecified atom stereocenters. The highest BCUT2D eigenvalue weighted by Gasteiger charge is 2.07. The van der Waals surface area contributed by atoms with Crippen LogP contribution in [0.1, 0.15) is 23.1 Å². The highest BCUT2D eigenvalue weighted by atomic mass is 19.1. The van der Waals surface area contributed by atoms with Gasteiger partial charge in [0.1, 0.15) is 5.82 Å². The van der Waals surface area contributed by atoms with E-state index in [1.54, 1.807) is 29.1 Å². The molecule has 0 spiro atoms. The molecule has 0 saturated carbocycles. The lowest BCUT2D eigenvalue weighted by atomic mass is 10.2. The largest absolute Gasteiger partial charge is 0.324 e. The number of carbonyl (C=O) groups excluding carboxylic acids is 1. The molecule has 0 bridgehead atoms. The molecule has 0 aliphatic heterocycles. The molecule has 0 N–H and O–H groups in total. The summed E-state index contributed by atoms with van der Waals surface area (Å²) in [6.45, 7) is 2.00. The third-order valence-electron chi connectivity index (χ3n) is 2.30. The van der Waals surface area contributed by atoms with Gasteiger partial charge in [0.15, 0.2) is 11.6 Å². The van der Waals surface area contributed by atoms with Crippen molar-refractivity contribution < 1.29 is 9.18 Å². The molecule has 0 amide bonds. The van der Waals surface area contributed by atoms with Crippen molar-refractivity contribution in [2.45, 2.75) is 13.5 Å². The van der Waals surface area contributed by atoms with Crippen molar-refractivity contribution in [2.75, 3.05) is 0 Å². The minimum absolute atomic E-state index is 0.0767. The molecule has 1 heterocycles. The van der Waals surface area contributed by atoms with Gasteiger partial charge in [-0.05, 0) is 17.7 Å². The van der Waals surface area contributed by atoms with Crippen LogP contribution in [0.5, 0.6) is 0 Å². The molecule has 0 aliphatic rings. The summed E-state index contributed by atoms with van der Waals surface area (Å²) in [5.74, 6) is 0.0811. The summed E-state index contributed by atoms with van der Waals surface area (Å²) in [5.41, 5.74) is 0.932. The lowest BCUT2D eigenvalue weighted by Crippen LogP contribution is -2.08. The molecule has 82 valence electrons. The Kier molecular flexibility index (Phi) is 2.81. The second kappa shape index (κ2) is 4.26. The fourth-order valence-corrected chi connectivity index (χ4v) is 1.54. The third-order valence-corrected chi connectivity index (χ3v) is 2.30. The van der Waals surface area contributed by atoms with E-state index in [4.69, 9.17) is 0 Å². The van der Waals surface area contributed by atoms with Crippen molar-refractivity contribution in [3.63, 3.8) is 0 Å². The number of hydrogen-bond acceptors (Lipinski definition) is 2. The average molecular weight is 218 g/mol. The molecule has 1 aromatic carbocycles. The Morgan fingerprint density at radius 2 is 2.06 bits per heavy atom. The molecule has 0 saturated heterocycles. The first-order chi connectivity index (χ1) is 7.66. The van der Waals surface area contributed by atoms with Gasteiger partial charge in [-0.1, -0.05) is 12.1 Å². The fraction of sp³-hybridized carbons (Fsp3) is 0.167. The Hall–Kier alpha value is -1.97. The number of nitrogens with zero attached hydrogens (tertiary/aromatic N) is 2. The number of hydrogen-bond donors (Lipinski definition) is 0. The van der Waals surface area contributed by atoms with Crippen LogP contribution in [0.25, 0.3) is 0 Å². The second-order valence-corrected chi connectivity index (χ2v) is 3.56. The van der Waals surface area contributed by atoms with E-state index in [2.05, 4.69) is 4.98 Å². The number of aromatic nitrogens is 2. The lowest BCUT2D eigenvalue weighted by Gasteiger charge is -2.05. The van der Waals surface area contributed by atoms with E-state index >= 15 is 0 Å². The lowest BCUT2D eigenvalue weighted by molar-refractivity contribution is 0.1000. The van der Waals surface area contributed by atoms with Crippen LogP contribution in [0.2, 0.25) is 0 Å². The number of rotatable bonds is 3. The smallest absolute Gasteiger partial charge is 0.195 e. The van der Waals surface area contributed by atoms with E-state index in [1.807, 2.05) is 0 Å². The van der Waals surface area contributed by atoms with Gasteiger partial charge in [0, 0.05) is 25.9 Å². The maximum absolute atomic E-state index is 12.7. The van der Waals surface area contributed by atoms with Gasteiger partial charge in [-0.15, -0.1) is 0 Å². The van der Waals surface area contributed by atoms with Crippen LogP contribution < -0.4 is 0 Å². The van der Waals surface area contributed by atoms with Crippen LogP contribution in [0.4, 0.5) is 4.39 Å². The summed E-state index contributed by atoms with van der Waals surface area (Å²) in [4.78, 5) is 15.2. The van der Waals surface area contributed by atoms with Gasteiger partial charge >= 0.3 is 0 Å². The minimum atomic E-state index is -0.263. The normalized spacial score (nSPS) is 10.4. The Labute approximate surface area is 92.5 Å². The first kappa shape index (κ1) is 10.5. The van der Waals surface area contributed by atoms with Gasteiger partial charge in [0.2, 0.25) is 0 Å². The molecule has 1 aromatic heterocycles. The van der Waals surface area contributed by atoms with Crippen molar-refractivity contribution in [3.05, 3.63) is 53.9 Å². The first-order valence-electron chi connectivity index (χ1n) is 4.93. The monoisotopic (exact) mass is 218 g/mol. The Morgan fingerprint density at radius 3 is 2.69 bits per heavy atom. The maximum atomic E-state index is 12.7. The average Bonchev–Trinajstić information content (AvgIpc) is 2.69. The summed E-state index contributed by atoms with van der Waals surface area (Å²) in [7, 11) is 0. The van der Waals surface area contributed by atoms with Gasteiger partial charge in [0.05, 0.1) is 0 Å². The molecule has 16 heavy (non-hydrogen) atoms. The Morgan fingerprint density at radius 1 is 1.38 bits per heavy atom. The molecule has 2 aromatic rings. The number of benzene rings is 1. The van der Waals surface area contributed by atoms with Crippen LogP contribution in [-0.4, -0.2) is 15.3 Å². The molecule has 0 atom stereocenters. The Bertz CT molecular complexity index is 502. The number of imidazole rings is 1. The van der Waals surface area contributed by atoms with E-state index in [0.29, 0.717) is 12.4 Å². The Balaban J connectivity index is 2.23.